The second-order valence-electron chi connectivity index (χ2n) is 3.99. The molecule has 0 spiro atoms. The molecule has 5 heteroatoms. The summed E-state index contributed by atoms with van der Waals surface area (Å²) in [6, 6.07) is 5.64. The molecule has 16 heavy (non-hydrogen) atoms. The minimum atomic E-state index is -1.10. The predicted octanol–water partition coefficient (Wildman–Crippen LogP) is 1.94. The van der Waals surface area contributed by atoms with Crippen LogP contribution in [0.3, 0.4) is 0 Å². The highest BCUT2D eigenvalue weighted by molar-refractivity contribution is 9.10. The van der Waals surface area contributed by atoms with E-state index in [1.54, 1.807) is 6.92 Å². The van der Waals surface area contributed by atoms with Crippen LogP contribution in [-0.2, 0) is 6.54 Å². The molecule has 0 bridgehead atoms. The quantitative estimate of drug-likeness (QED) is 0.779. The number of benzene rings is 1. The predicted molar refractivity (Wildman–Crippen MR) is 68.6 cm³/mol. The van der Waals surface area contributed by atoms with Crippen LogP contribution in [0.15, 0.2) is 22.7 Å². The van der Waals surface area contributed by atoms with E-state index in [4.69, 9.17) is 16.7 Å². The van der Waals surface area contributed by atoms with E-state index in [2.05, 4.69) is 21.2 Å². The maximum absolute atomic E-state index is 9.56. The Kier molecular flexibility index (Phi) is 5.21. The molecule has 0 aliphatic heterocycles. The number of aliphatic hydroxyl groups excluding tert-OH is 1. The zero-order chi connectivity index (χ0) is 12.2. The number of nitrogens with one attached hydrogen (secondary N) is 1. The van der Waals surface area contributed by atoms with E-state index < -0.39 is 5.60 Å². The Morgan fingerprint density at radius 3 is 2.75 bits per heavy atom. The molecule has 1 atom stereocenters. The number of halogens is 2. The first-order valence-electron chi connectivity index (χ1n) is 4.92. The number of aliphatic hydroxyl groups is 2. The van der Waals surface area contributed by atoms with Crippen LogP contribution in [-0.4, -0.2) is 29.0 Å². The van der Waals surface area contributed by atoms with Gasteiger partial charge < -0.3 is 15.5 Å². The molecule has 3 nitrogen and oxygen atoms in total. The molecule has 0 aliphatic carbocycles. The Balaban J connectivity index is 2.49. The van der Waals surface area contributed by atoms with Crippen molar-refractivity contribution in [2.75, 3.05) is 13.2 Å². The van der Waals surface area contributed by atoms with Crippen molar-refractivity contribution in [3.05, 3.63) is 33.3 Å². The lowest BCUT2D eigenvalue weighted by molar-refractivity contribution is 0.00254. The van der Waals surface area contributed by atoms with E-state index in [1.807, 2.05) is 18.2 Å². The summed E-state index contributed by atoms with van der Waals surface area (Å²) in [6.07, 6.45) is 0. The van der Waals surface area contributed by atoms with E-state index >= 15 is 0 Å². The molecule has 0 aromatic heterocycles. The molecule has 3 N–H and O–H groups in total. The third-order valence-corrected chi connectivity index (χ3v) is 3.02. The van der Waals surface area contributed by atoms with Crippen LogP contribution >= 0.6 is 27.5 Å². The standard InChI is InChI=1S/C11H15BrClNO2/c1-11(16,7-15)6-14-5-8-2-3-9(12)4-10(8)13/h2-4,14-16H,5-7H2,1H3. The zero-order valence-corrected chi connectivity index (χ0v) is 11.3. The lowest BCUT2D eigenvalue weighted by Gasteiger charge is -2.20. The molecule has 0 amide bonds. The van der Waals surface area contributed by atoms with Gasteiger partial charge in [-0.05, 0) is 24.6 Å². The fourth-order valence-corrected chi connectivity index (χ4v) is 1.93. The van der Waals surface area contributed by atoms with Gasteiger partial charge in [0, 0.05) is 22.6 Å². The van der Waals surface area contributed by atoms with E-state index in [1.165, 1.54) is 0 Å². The highest BCUT2D eigenvalue weighted by atomic mass is 79.9. The fourth-order valence-electron chi connectivity index (χ4n) is 1.19. The Bertz CT molecular complexity index is 358. The van der Waals surface area contributed by atoms with Crippen molar-refractivity contribution in [1.29, 1.82) is 0 Å². The second kappa shape index (κ2) is 5.98. The highest BCUT2D eigenvalue weighted by Crippen LogP contribution is 2.21. The summed E-state index contributed by atoms with van der Waals surface area (Å²) in [5.74, 6) is 0. The molecule has 0 heterocycles. The smallest absolute Gasteiger partial charge is 0.0972 e. The van der Waals surface area contributed by atoms with Crippen molar-refractivity contribution in [2.45, 2.75) is 19.1 Å². The van der Waals surface area contributed by atoms with Gasteiger partial charge in [-0.15, -0.1) is 0 Å². The Morgan fingerprint density at radius 2 is 2.19 bits per heavy atom. The van der Waals surface area contributed by atoms with Crippen LogP contribution < -0.4 is 5.32 Å². The van der Waals surface area contributed by atoms with Crippen LogP contribution in [0.4, 0.5) is 0 Å². The minimum absolute atomic E-state index is 0.270. The van der Waals surface area contributed by atoms with E-state index in [0.717, 1.165) is 10.0 Å². The van der Waals surface area contributed by atoms with Crippen molar-refractivity contribution < 1.29 is 10.2 Å². The first-order chi connectivity index (χ1) is 7.44. The molecular weight excluding hydrogens is 293 g/mol. The van der Waals surface area contributed by atoms with Crippen molar-refractivity contribution in [3.63, 3.8) is 0 Å². The van der Waals surface area contributed by atoms with Gasteiger partial charge in [0.15, 0.2) is 0 Å². The van der Waals surface area contributed by atoms with Gasteiger partial charge in [-0.1, -0.05) is 33.6 Å². The maximum atomic E-state index is 9.56. The van der Waals surface area contributed by atoms with Gasteiger partial charge in [-0.25, -0.2) is 0 Å². The van der Waals surface area contributed by atoms with Gasteiger partial charge in [0.25, 0.3) is 0 Å². The molecule has 0 saturated heterocycles. The summed E-state index contributed by atoms with van der Waals surface area (Å²) in [5.41, 5.74) is -0.138. The summed E-state index contributed by atoms with van der Waals surface area (Å²) in [5, 5.41) is 22.1. The summed E-state index contributed by atoms with van der Waals surface area (Å²) in [7, 11) is 0. The van der Waals surface area contributed by atoms with E-state index in [0.29, 0.717) is 18.1 Å². The fraction of sp³-hybridized carbons (Fsp3) is 0.455. The van der Waals surface area contributed by atoms with E-state index in [-0.39, 0.29) is 6.61 Å². The monoisotopic (exact) mass is 307 g/mol. The second-order valence-corrected chi connectivity index (χ2v) is 5.32. The van der Waals surface area contributed by atoms with Gasteiger partial charge in [-0.3, -0.25) is 0 Å². The van der Waals surface area contributed by atoms with Crippen LogP contribution in [0.2, 0.25) is 5.02 Å². The van der Waals surface area contributed by atoms with Gasteiger partial charge >= 0.3 is 0 Å². The average molecular weight is 309 g/mol. The molecule has 90 valence electrons. The SMILES string of the molecule is CC(O)(CO)CNCc1ccc(Br)cc1Cl. The van der Waals surface area contributed by atoms with Crippen LogP contribution in [0.1, 0.15) is 12.5 Å². The van der Waals surface area contributed by atoms with Gasteiger partial charge in [-0.2, -0.15) is 0 Å². The maximum Gasteiger partial charge on any atom is 0.0972 e. The van der Waals surface area contributed by atoms with Gasteiger partial charge in [0.2, 0.25) is 0 Å². The van der Waals surface area contributed by atoms with Crippen LogP contribution in [0, 0.1) is 0 Å². The van der Waals surface area contributed by atoms with Crippen molar-refractivity contribution in [3.8, 4) is 0 Å². The third kappa shape index (κ3) is 4.39. The summed E-state index contributed by atoms with van der Waals surface area (Å²) in [6.45, 7) is 2.18. The lowest BCUT2D eigenvalue weighted by Crippen LogP contribution is -2.40. The molecule has 1 aromatic carbocycles. The molecule has 0 fully saturated rings. The van der Waals surface area contributed by atoms with Crippen LogP contribution in [0.5, 0.6) is 0 Å². The molecule has 1 unspecified atom stereocenters. The molecule has 1 aromatic rings. The van der Waals surface area contributed by atoms with Gasteiger partial charge in [0.1, 0.15) is 0 Å². The molecule has 1 rings (SSSR count). The molecule has 0 radical (unpaired) electrons. The summed E-state index contributed by atoms with van der Waals surface area (Å²) < 4.78 is 0.934. The van der Waals surface area contributed by atoms with E-state index in [9.17, 15) is 5.11 Å². The Labute approximate surface area is 109 Å². The van der Waals surface area contributed by atoms with Crippen molar-refractivity contribution in [2.24, 2.45) is 0 Å². The first-order valence-corrected chi connectivity index (χ1v) is 6.09. The molecular formula is C11H15BrClNO2. The summed E-state index contributed by atoms with van der Waals surface area (Å²) >= 11 is 9.36. The minimum Gasteiger partial charge on any atom is -0.393 e. The lowest BCUT2D eigenvalue weighted by atomic mass is 10.1. The largest absolute Gasteiger partial charge is 0.393 e. The van der Waals surface area contributed by atoms with Gasteiger partial charge in [0.05, 0.1) is 12.2 Å². The van der Waals surface area contributed by atoms with Crippen LogP contribution in [0.25, 0.3) is 0 Å². The average Bonchev–Trinajstić information content (AvgIpc) is 2.21. The number of hydrogen-bond donors (Lipinski definition) is 3. The number of rotatable bonds is 5. The Hall–Kier alpha value is -0.130. The van der Waals surface area contributed by atoms with Crippen molar-refractivity contribution in [1.82, 2.24) is 5.32 Å². The zero-order valence-electron chi connectivity index (χ0n) is 9.00. The molecule has 0 saturated carbocycles. The topological polar surface area (TPSA) is 52.5 Å². The molecule has 0 aliphatic rings. The normalized spacial score (nSPS) is 14.8. The Morgan fingerprint density at radius 1 is 1.50 bits per heavy atom. The van der Waals surface area contributed by atoms with Crippen molar-refractivity contribution >= 4 is 27.5 Å². The third-order valence-electron chi connectivity index (χ3n) is 2.18. The summed E-state index contributed by atoms with van der Waals surface area (Å²) in [4.78, 5) is 0. The first kappa shape index (κ1) is 13.9. The number of hydrogen-bond acceptors (Lipinski definition) is 3. The highest BCUT2D eigenvalue weighted by Gasteiger charge is 2.17.